The van der Waals surface area contributed by atoms with Crippen molar-refractivity contribution in [1.29, 1.82) is 0 Å². The third-order valence-electron chi connectivity index (χ3n) is 2.52. The van der Waals surface area contributed by atoms with Crippen LogP contribution in [0.25, 0.3) is 0 Å². The summed E-state index contributed by atoms with van der Waals surface area (Å²) in [5, 5.41) is 0. The molecule has 0 amide bonds. The van der Waals surface area contributed by atoms with Crippen molar-refractivity contribution >= 4 is 5.97 Å². The number of hydrogen-bond acceptors (Lipinski definition) is 4. The summed E-state index contributed by atoms with van der Waals surface area (Å²) in [6, 6.07) is 7.59. The molecule has 0 saturated heterocycles. The highest BCUT2D eigenvalue weighted by molar-refractivity contribution is 5.75. The summed E-state index contributed by atoms with van der Waals surface area (Å²) >= 11 is 0. The van der Waals surface area contributed by atoms with Crippen LogP contribution in [0.3, 0.4) is 0 Å². The fourth-order valence-electron chi connectivity index (χ4n) is 1.72. The molecule has 1 aromatic rings. The monoisotopic (exact) mass is 252 g/mol. The summed E-state index contributed by atoms with van der Waals surface area (Å²) in [7, 11) is 1.61. The lowest BCUT2D eigenvalue weighted by Gasteiger charge is -2.17. The van der Waals surface area contributed by atoms with Crippen LogP contribution < -0.4 is 4.74 Å². The quantitative estimate of drug-likeness (QED) is 0.698. The Morgan fingerprint density at radius 1 is 1.22 bits per heavy atom. The van der Waals surface area contributed by atoms with E-state index in [0.29, 0.717) is 19.6 Å². The Bertz CT molecular complexity index is 376. The van der Waals surface area contributed by atoms with Gasteiger partial charge in [0.2, 0.25) is 0 Å². The molecule has 0 radical (unpaired) electrons. The van der Waals surface area contributed by atoms with Gasteiger partial charge in [-0.25, -0.2) is 4.79 Å². The highest BCUT2D eigenvalue weighted by atomic mass is 16.6. The van der Waals surface area contributed by atoms with Gasteiger partial charge in [0.15, 0.2) is 6.10 Å². The first kappa shape index (κ1) is 14.5. The van der Waals surface area contributed by atoms with Crippen molar-refractivity contribution in [3.63, 3.8) is 0 Å². The van der Waals surface area contributed by atoms with Gasteiger partial charge >= 0.3 is 5.97 Å². The van der Waals surface area contributed by atoms with E-state index in [0.717, 1.165) is 11.3 Å². The number of para-hydroxylation sites is 1. The van der Waals surface area contributed by atoms with Crippen LogP contribution in [0, 0.1) is 0 Å². The van der Waals surface area contributed by atoms with E-state index < -0.39 is 6.10 Å². The van der Waals surface area contributed by atoms with Crippen molar-refractivity contribution in [2.24, 2.45) is 0 Å². The molecule has 0 heterocycles. The van der Waals surface area contributed by atoms with Crippen molar-refractivity contribution in [2.75, 3.05) is 20.3 Å². The Labute approximate surface area is 108 Å². The summed E-state index contributed by atoms with van der Waals surface area (Å²) in [6.07, 6.45) is -0.123. The molecule has 1 unspecified atom stereocenters. The number of hydrogen-bond donors (Lipinski definition) is 0. The van der Waals surface area contributed by atoms with Crippen molar-refractivity contribution in [2.45, 2.75) is 26.4 Å². The fraction of sp³-hybridized carbons (Fsp3) is 0.500. The second-order valence-electron chi connectivity index (χ2n) is 3.71. The van der Waals surface area contributed by atoms with E-state index in [-0.39, 0.29) is 5.97 Å². The van der Waals surface area contributed by atoms with Gasteiger partial charge in [-0.15, -0.1) is 0 Å². The zero-order valence-corrected chi connectivity index (χ0v) is 11.1. The molecule has 1 atom stereocenters. The predicted octanol–water partition coefficient (Wildman–Crippen LogP) is 2.21. The first-order valence-electron chi connectivity index (χ1n) is 6.13. The van der Waals surface area contributed by atoms with E-state index in [4.69, 9.17) is 14.2 Å². The maximum absolute atomic E-state index is 11.7. The van der Waals surface area contributed by atoms with Gasteiger partial charge in [-0.05, 0) is 25.5 Å². The van der Waals surface area contributed by atoms with E-state index in [9.17, 15) is 4.79 Å². The van der Waals surface area contributed by atoms with Crippen LogP contribution in [0.1, 0.15) is 19.4 Å². The smallest absolute Gasteiger partial charge is 0.335 e. The molecule has 0 bridgehead atoms. The van der Waals surface area contributed by atoms with E-state index in [1.54, 1.807) is 14.0 Å². The molecule has 1 rings (SSSR count). The molecule has 0 aromatic heterocycles. The van der Waals surface area contributed by atoms with Crippen molar-refractivity contribution in [1.82, 2.24) is 0 Å². The average Bonchev–Trinajstić information content (AvgIpc) is 2.39. The van der Waals surface area contributed by atoms with E-state index in [1.165, 1.54) is 0 Å². The Hall–Kier alpha value is -1.55. The second-order valence-corrected chi connectivity index (χ2v) is 3.71. The highest BCUT2D eigenvalue weighted by Crippen LogP contribution is 2.20. The van der Waals surface area contributed by atoms with Gasteiger partial charge in [0, 0.05) is 13.0 Å². The Morgan fingerprint density at radius 3 is 2.56 bits per heavy atom. The van der Waals surface area contributed by atoms with Gasteiger partial charge in [0.05, 0.1) is 13.7 Å². The topological polar surface area (TPSA) is 44.8 Å². The molecule has 0 fully saturated rings. The fourth-order valence-corrected chi connectivity index (χ4v) is 1.72. The molecule has 0 N–H and O–H groups in total. The summed E-state index contributed by atoms with van der Waals surface area (Å²) < 4.78 is 15.7. The number of carbonyl (C=O) groups excluding carboxylic acids is 1. The van der Waals surface area contributed by atoms with Gasteiger partial charge in [0.1, 0.15) is 5.75 Å². The van der Waals surface area contributed by atoms with E-state index >= 15 is 0 Å². The number of methoxy groups -OCH3 is 1. The lowest BCUT2D eigenvalue weighted by molar-refractivity contribution is -0.156. The van der Waals surface area contributed by atoms with Gasteiger partial charge in [-0.3, -0.25) is 0 Å². The zero-order valence-electron chi connectivity index (χ0n) is 11.1. The van der Waals surface area contributed by atoms with Crippen molar-refractivity contribution < 1.29 is 19.0 Å². The van der Waals surface area contributed by atoms with Crippen LogP contribution in [-0.2, 0) is 20.7 Å². The summed E-state index contributed by atoms with van der Waals surface area (Å²) in [6.45, 7) is 4.46. The van der Waals surface area contributed by atoms with Crippen molar-refractivity contribution in [3.8, 4) is 5.75 Å². The molecule has 18 heavy (non-hydrogen) atoms. The molecule has 0 aliphatic heterocycles. The number of benzene rings is 1. The molecule has 4 nitrogen and oxygen atoms in total. The largest absolute Gasteiger partial charge is 0.496 e. The minimum atomic E-state index is -0.578. The van der Waals surface area contributed by atoms with E-state index in [2.05, 4.69) is 0 Å². The second kappa shape index (κ2) is 7.71. The van der Waals surface area contributed by atoms with Crippen LogP contribution >= 0.6 is 0 Å². The summed E-state index contributed by atoms with van der Waals surface area (Å²) in [4.78, 5) is 11.7. The molecule has 0 saturated carbocycles. The first-order chi connectivity index (χ1) is 8.72. The maximum atomic E-state index is 11.7. The Morgan fingerprint density at radius 2 is 1.94 bits per heavy atom. The van der Waals surface area contributed by atoms with Gasteiger partial charge in [-0.2, -0.15) is 0 Å². The molecule has 0 aliphatic carbocycles. The zero-order chi connectivity index (χ0) is 13.4. The summed E-state index contributed by atoms with van der Waals surface area (Å²) in [5.41, 5.74) is 0.937. The molecular weight excluding hydrogens is 232 g/mol. The normalized spacial score (nSPS) is 11.9. The SMILES string of the molecule is CCOC(=O)C(Cc1ccccc1OC)OCC. The lowest BCUT2D eigenvalue weighted by atomic mass is 10.1. The molecule has 1 aromatic carbocycles. The van der Waals surface area contributed by atoms with Crippen LogP contribution in [0.2, 0.25) is 0 Å². The Balaban J connectivity index is 2.79. The third-order valence-corrected chi connectivity index (χ3v) is 2.52. The standard InChI is InChI=1S/C14H20O4/c1-4-17-13(14(15)18-5-2)10-11-8-6-7-9-12(11)16-3/h6-9,13H,4-5,10H2,1-3H3. The lowest BCUT2D eigenvalue weighted by Crippen LogP contribution is -2.29. The maximum Gasteiger partial charge on any atom is 0.335 e. The van der Waals surface area contributed by atoms with Crippen LogP contribution in [0.15, 0.2) is 24.3 Å². The minimum Gasteiger partial charge on any atom is -0.496 e. The molecule has 4 heteroatoms. The van der Waals surface area contributed by atoms with Crippen LogP contribution in [0.4, 0.5) is 0 Å². The number of ether oxygens (including phenoxy) is 3. The number of carbonyl (C=O) groups is 1. The minimum absolute atomic E-state index is 0.328. The van der Waals surface area contributed by atoms with Crippen LogP contribution in [-0.4, -0.2) is 32.4 Å². The number of esters is 1. The summed E-state index contributed by atoms with van der Waals surface area (Å²) in [5.74, 6) is 0.428. The molecule has 0 spiro atoms. The molecule has 0 aliphatic rings. The molecule has 100 valence electrons. The van der Waals surface area contributed by atoms with Gasteiger partial charge < -0.3 is 14.2 Å². The van der Waals surface area contributed by atoms with Crippen LogP contribution in [0.5, 0.6) is 5.75 Å². The third kappa shape index (κ3) is 4.04. The average molecular weight is 252 g/mol. The molecular formula is C14H20O4. The highest BCUT2D eigenvalue weighted by Gasteiger charge is 2.21. The van der Waals surface area contributed by atoms with E-state index in [1.807, 2.05) is 31.2 Å². The first-order valence-corrected chi connectivity index (χ1v) is 6.13. The van der Waals surface area contributed by atoms with Crippen molar-refractivity contribution in [3.05, 3.63) is 29.8 Å². The number of rotatable bonds is 7. The Kier molecular flexibility index (Phi) is 6.22. The van der Waals surface area contributed by atoms with Gasteiger partial charge in [0.25, 0.3) is 0 Å². The predicted molar refractivity (Wildman–Crippen MR) is 68.7 cm³/mol. The van der Waals surface area contributed by atoms with Gasteiger partial charge in [-0.1, -0.05) is 18.2 Å².